The molecule has 0 atom stereocenters. The maximum Gasteiger partial charge on any atom is 0.138 e. The first-order valence-corrected chi connectivity index (χ1v) is 6.64. The normalized spacial score (nSPS) is 11.7. The van der Waals surface area contributed by atoms with Gasteiger partial charge in [-0.1, -0.05) is 20.8 Å². The molecule has 20 heavy (non-hydrogen) atoms. The number of hydrogen-bond donors (Lipinski definition) is 2. The summed E-state index contributed by atoms with van der Waals surface area (Å²) >= 11 is 0. The molecule has 0 aliphatic heterocycles. The zero-order chi connectivity index (χ0) is 14.9. The predicted octanol–water partition coefficient (Wildman–Crippen LogP) is 2.01. The van der Waals surface area contributed by atoms with Gasteiger partial charge in [-0.25, -0.2) is 9.97 Å². The number of nitrogens with two attached hydrogens (primary N) is 1. The van der Waals surface area contributed by atoms with Crippen LogP contribution in [0, 0.1) is 6.92 Å². The van der Waals surface area contributed by atoms with Gasteiger partial charge in [0.05, 0.1) is 6.20 Å². The summed E-state index contributed by atoms with van der Waals surface area (Å²) < 4.78 is 1.85. The average molecular weight is 274 g/mol. The summed E-state index contributed by atoms with van der Waals surface area (Å²) in [5.41, 5.74) is 8.00. The molecule has 3 N–H and O–H groups in total. The van der Waals surface area contributed by atoms with Gasteiger partial charge >= 0.3 is 0 Å². The number of nitrogen functional groups attached to an aromatic ring is 1. The van der Waals surface area contributed by atoms with Crippen molar-refractivity contribution in [2.24, 2.45) is 7.05 Å². The van der Waals surface area contributed by atoms with Gasteiger partial charge in [0, 0.05) is 36.3 Å². The monoisotopic (exact) mass is 274 g/mol. The minimum atomic E-state index is -0.129. The van der Waals surface area contributed by atoms with Gasteiger partial charge in [0.2, 0.25) is 0 Å². The third-order valence-corrected chi connectivity index (χ3v) is 3.21. The second-order valence-electron chi connectivity index (χ2n) is 5.98. The Balaban J connectivity index is 2.18. The fourth-order valence-electron chi connectivity index (χ4n) is 1.80. The summed E-state index contributed by atoms with van der Waals surface area (Å²) in [6.45, 7) is 8.91. The summed E-state index contributed by atoms with van der Waals surface area (Å²) in [4.78, 5) is 8.82. The number of rotatable bonds is 3. The topological polar surface area (TPSA) is 81.7 Å². The van der Waals surface area contributed by atoms with E-state index < -0.39 is 0 Å². The predicted molar refractivity (Wildman–Crippen MR) is 80.4 cm³/mol. The minimum absolute atomic E-state index is 0.129. The van der Waals surface area contributed by atoms with E-state index in [9.17, 15) is 0 Å². The van der Waals surface area contributed by atoms with Gasteiger partial charge in [-0.05, 0) is 6.92 Å². The quantitative estimate of drug-likeness (QED) is 0.894. The van der Waals surface area contributed by atoms with E-state index in [1.807, 2.05) is 24.9 Å². The number of anilines is 2. The Bertz CT molecular complexity index is 609. The average Bonchev–Trinajstić information content (AvgIpc) is 2.66. The molecule has 2 rings (SSSR count). The lowest BCUT2D eigenvalue weighted by atomic mass is 9.96. The highest BCUT2D eigenvalue weighted by Crippen LogP contribution is 2.21. The van der Waals surface area contributed by atoms with Crippen molar-refractivity contribution in [2.75, 3.05) is 11.1 Å². The highest BCUT2D eigenvalue weighted by Gasteiger charge is 2.18. The van der Waals surface area contributed by atoms with E-state index >= 15 is 0 Å². The lowest BCUT2D eigenvalue weighted by molar-refractivity contribution is 0.547. The van der Waals surface area contributed by atoms with Crippen LogP contribution in [0.1, 0.15) is 37.9 Å². The van der Waals surface area contributed by atoms with Gasteiger partial charge in [0.1, 0.15) is 17.5 Å². The Morgan fingerprint density at radius 2 is 2.00 bits per heavy atom. The molecule has 2 aromatic heterocycles. The van der Waals surface area contributed by atoms with Gasteiger partial charge in [0.25, 0.3) is 0 Å². The van der Waals surface area contributed by atoms with Crippen molar-refractivity contribution >= 4 is 11.6 Å². The molecule has 6 heteroatoms. The minimum Gasteiger partial charge on any atom is -0.384 e. The van der Waals surface area contributed by atoms with E-state index in [0.29, 0.717) is 12.4 Å². The molecule has 0 bridgehead atoms. The SMILES string of the molecule is Cc1c(CNc2cc(N)nc(C(C)(C)C)n2)cnn1C. The first-order chi connectivity index (χ1) is 9.27. The third kappa shape index (κ3) is 3.07. The largest absolute Gasteiger partial charge is 0.384 e. The van der Waals surface area contributed by atoms with Crippen LogP contribution < -0.4 is 11.1 Å². The van der Waals surface area contributed by atoms with Crippen LogP contribution in [0.4, 0.5) is 11.6 Å². The second kappa shape index (κ2) is 5.11. The second-order valence-corrected chi connectivity index (χ2v) is 5.98. The van der Waals surface area contributed by atoms with Crippen LogP contribution in [-0.2, 0) is 19.0 Å². The Morgan fingerprint density at radius 3 is 2.55 bits per heavy atom. The summed E-state index contributed by atoms with van der Waals surface area (Å²) in [7, 11) is 1.93. The molecular weight excluding hydrogens is 252 g/mol. The zero-order valence-electron chi connectivity index (χ0n) is 12.7. The first kappa shape index (κ1) is 14.3. The molecule has 0 aromatic carbocycles. The van der Waals surface area contributed by atoms with Gasteiger partial charge in [-0.15, -0.1) is 0 Å². The summed E-state index contributed by atoms with van der Waals surface area (Å²) in [5.74, 6) is 1.96. The Hall–Kier alpha value is -2.11. The van der Waals surface area contributed by atoms with Crippen molar-refractivity contribution in [1.29, 1.82) is 0 Å². The van der Waals surface area contributed by atoms with Crippen LogP contribution in [0.3, 0.4) is 0 Å². The van der Waals surface area contributed by atoms with Crippen LogP contribution in [0.2, 0.25) is 0 Å². The molecule has 0 fully saturated rings. The summed E-state index contributed by atoms with van der Waals surface area (Å²) in [6.07, 6.45) is 1.86. The number of aromatic nitrogens is 4. The smallest absolute Gasteiger partial charge is 0.138 e. The van der Waals surface area contributed by atoms with Crippen molar-refractivity contribution in [3.05, 3.63) is 29.3 Å². The third-order valence-electron chi connectivity index (χ3n) is 3.21. The van der Waals surface area contributed by atoms with Crippen LogP contribution in [0.5, 0.6) is 0 Å². The standard InChI is InChI=1S/C14H22N6/c1-9-10(8-17-20(9)5)7-16-12-6-11(15)18-13(19-12)14(2,3)4/h6,8H,7H2,1-5H3,(H3,15,16,18,19). The molecular formula is C14H22N6. The van der Waals surface area contributed by atoms with Crippen molar-refractivity contribution in [1.82, 2.24) is 19.7 Å². The fourth-order valence-corrected chi connectivity index (χ4v) is 1.80. The Labute approximate surface area is 119 Å². The molecule has 2 aromatic rings. The first-order valence-electron chi connectivity index (χ1n) is 6.64. The maximum atomic E-state index is 5.85. The zero-order valence-corrected chi connectivity index (χ0v) is 12.7. The molecule has 0 aliphatic carbocycles. The summed E-state index contributed by atoms with van der Waals surface area (Å²) in [5, 5.41) is 7.51. The Kier molecular flexibility index (Phi) is 3.65. The molecule has 2 heterocycles. The molecule has 6 nitrogen and oxygen atoms in total. The lowest BCUT2D eigenvalue weighted by Gasteiger charge is -2.18. The fraction of sp³-hybridized carbons (Fsp3) is 0.500. The number of nitrogens with one attached hydrogen (secondary N) is 1. The van der Waals surface area contributed by atoms with E-state index in [0.717, 1.165) is 22.9 Å². The Morgan fingerprint density at radius 1 is 1.30 bits per heavy atom. The van der Waals surface area contributed by atoms with E-state index in [1.165, 1.54) is 0 Å². The van der Waals surface area contributed by atoms with Gasteiger partial charge in [-0.2, -0.15) is 5.10 Å². The molecule has 0 aliphatic rings. The van der Waals surface area contributed by atoms with Crippen LogP contribution in [-0.4, -0.2) is 19.7 Å². The summed E-state index contributed by atoms with van der Waals surface area (Å²) in [6, 6.07) is 1.75. The molecule has 0 amide bonds. The van der Waals surface area contributed by atoms with Crippen molar-refractivity contribution in [3.8, 4) is 0 Å². The van der Waals surface area contributed by atoms with E-state index in [4.69, 9.17) is 5.73 Å². The van der Waals surface area contributed by atoms with E-state index in [-0.39, 0.29) is 5.41 Å². The van der Waals surface area contributed by atoms with E-state index in [2.05, 4.69) is 41.2 Å². The van der Waals surface area contributed by atoms with Crippen LogP contribution in [0.15, 0.2) is 12.3 Å². The highest BCUT2D eigenvalue weighted by molar-refractivity contribution is 5.45. The van der Waals surface area contributed by atoms with Crippen molar-refractivity contribution < 1.29 is 0 Å². The molecule has 108 valence electrons. The highest BCUT2D eigenvalue weighted by atomic mass is 15.3. The van der Waals surface area contributed by atoms with Crippen molar-refractivity contribution in [2.45, 2.75) is 39.7 Å². The number of hydrogen-bond acceptors (Lipinski definition) is 5. The molecule has 0 spiro atoms. The maximum absolute atomic E-state index is 5.85. The molecule has 0 unspecified atom stereocenters. The van der Waals surface area contributed by atoms with Crippen LogP contribution in [0.25, 0.3) is 0 Å². The van der Waals surface area contributed by atoms with Gasteiger partial charge in [-0.3, -0.25) is 4.68 Å². The molecule has 0 saturated heterocycles. The lowest BCUT2D eigenvalue weighted by Crippen LogP contribution is -2.18. The van der Waals surface area contributed by atoms with Gasteiger partial charge in [0.15, 0.2) is 0 Å². The number of nitrogens with zero attached hydrogens (tertiary/aromatic N) is 4. The molecule has 0 saturated carbocycles. The van der Waals surface area contributed by atoms with Crippen molar-refractivity contribution in [3.63, 3.8) is 0 Å². The van der Waals surface area contributed by atoms with Gasteiger partial charge < -0.3 is 11.1 Å². The van der Waals surface area contributed by atoms with E-state index in [1.54, 1.807) is 6.07 Å². The number of aryl methyl sites for hydroxylation is 1. The van der Waals surface area contributed by atoms with Crippen LogP contribution >= 0.6 is 0 Å². The molecule has 0 radical (unpaired) electrons.